The van der Waals surface area contributed by atoms with Crippen LogP contribution in [0.3, 0.4) is 0 Å². The topological polar surface area (TPSA) is 23.5 Å². The lowest BCUT2D eigenvalue weighted by atomic mass is 9.85. The maximum Gasteiger partial charge on any atom is 0.0695 e. The van der Waals surface area contributed by atoms with Gasteiger partial charge in [0.1, 0.15) is 0 Å². The Kier molecular flexibility index (Phi) is 5.97. The number of likely N-dealkylation sites (N-methyl/N-ethyl adjacent to an activating group) is 1. The Bertz CT molecular complexity index is 217. The first kappa shape index (κ1) is 14.3. The molecule has 2 heteroatoms. The van der Waals surface area contributed by atoms with E-state index in [1.807, 2.05) is 0 Å². The molecular weight excluding hydrogens is 222 g/mol. The molecule has 0 heterocycles. The van der Waals surface area contributed by atoms with Crippen molar-refractivity contribution in [2.45, 2.75) is 82.8 Å². The first-order chi connectivity index (χ1) is 8.77. The summed E-state index contributed by atoms with van der Waals surface area (Å²) in [6, 6.07) is 0.728. The molecule has 2 nitrogen and oxygen atoms in total. The van der Waals surface area contributed by atoms with Crippen LogP contribution < -0.4 is 0 Å². The number of hydrogen-bond acceptors (Lipinski definition) is 2. The molecule has 0 aromatic heterocycles. The van der Waals surface area contributed by atoms with E-state index in [4.69, 9.17) is 0 Å². The maximum absolute atomic E-state index is 10.4. The van der Waals surface area contributed by atoms with Gasteiger partial charge in [-0.15, -0.1) is 0 Å². The highest BCUT2D eigenvalue weighted by Gasteiger charge is 2.25. The minimum atomic E-state index is -0.0847. The predicted octanol–water partition coefficient (Wildman–Crippen LogP) is 3.58. The van der Waals surface area contributed by atoms with Gasteiger partial charge in [0, 0.05) is 12.6 Å². The highest BCUT2D eigenvalue weighted by atomic mass is 16.3. The molecule has 2 saturated carbocycles. The third-order valence-electron chi connectivity index (χ3n) is 5.12. The molecule has 0 saturated heterocycles. The minimum Gasteiger partial charge on any atom is -0.392 e. The summed E-state index contributed by atoms with van der Waals surface area (Å²) >= 11 is 0. The molecule has 2 aliphatic carbocycles. The largest absolute Gasteiger partial charge is 0.392 e. The molecule has 2 rings (SSSR count). The van der Waals surface area contributed by atoms with Crippen molar-refractivity contribution in [1.29, 1.82) is 0 Å². The summed E-state index contributed by atoms with van der Waals surface area (Å²) in [6.07, 6.45) is 14.7. The van der Waals surface area contributed by atoms with E-state index in [-0.39, 0.29) is 6.10 Å². The number of rotatable bonds is 4. The van der Waals surface area contributed by atoms with Gasteiger partial charge in [-0.3, -0.25) is 0 Å². The lowest BCUT2D eigenvalue weighted by Gasteiger charge is -2.33. The summed E-state index contributed by atoms with van der Waals surface area (Å²) in [5, 5.41) is 10.4. The molecule has 1 N–H and O–H groups in total. The van der Waals surface area contributed by atoms with Crippen LogP contribution in [0.25, 0.3) is 0 Å². The molecule has 0 aromatic rings. The Balaban J connectivity index is 1.75. The van der Waals surface area contributed by atoms with Gasteiger partial charge in [-0.25, -0.2) is 0 Å². The van der Waals surface area contributed by atoms with Crippen molar-refractivity contribution < 1.29 is 5.11 Å². The van der Waals surface area contributed by atoms with E-state index in [1.54, 1.807) is 0 Å². The summed E-state index contributed by atoms with van der Waals surface area (Å²) in [5.74, 6) is 0.576. The summed E-state index contributed by atoms with van der Waals surface area (Å²) in [6.45, 7) is 0.898. The van der Waals surface area contributed by atoms with E-state index in [2.05, 4.69) is 11.9 Å². The molecule has 0 amide bonds. The van der Waals surface area contributed by atoms with E-state index < -0.39 is 0 Å². The molecule has 0 aromatic carbocycles. The summed E-state index contributed by atoms with van der Waals surface area (Å²) in [5.41, 5.74) is 0. The van der Waals surface area contributed by atoms with Crippen LogP contribution in [0.4, 0.5) is 0 Å². The van der Waals surface area contributed by atoms with Crippen molar-refractivity contribution in [1.82, 2.24) is 4.90 Å². The number of aliphatic hydroxyl groups is 1. The zero-order valence-electron chi connectivity index (χ0n) is 12.1. The summed E-state index contributed by atoms with van der Waals surface area (Å²) in [7, 11) is 2.22. The second kappa shape index (κ2) is 7.49. The molecule has 18 heavy (non-hydrogen) atoms. The van der Waals surface area contributed by atoms with E-state index in [0.29, 0.717) is 5.92 Å². The quantitative estimate of drug-likeness (QED) is 0.774. The molecule has 1 unspecified atom stereocenters. The third kappa shape index (κ3) is 4.24. The van der Waals surface area contributed by atoms with Crippen LogP contribution >= 0.6 is 0 Å². The third-order valence-corrected chi connectivity index (χ3v) is 5.12. The number of hydrogen-bond donors (Lipinski definition) is 1. The van der Waals surface area contributed by atoms with Gasteiger partial charge in [0.15, 0.2) is 0 Å². The van der Waals surface area contributed by atoms with E-state index in [0.717, 1.165) is 12.6 Å². The van der Waals surface area contributed by atoms with Gasteiger partial charge in [-0.1, -0.05) is 44.9 Å². The van der Waals surface area contributed by atoms with E-state index in [9.17, 15) is 5.11 Å². The molecule has 1 atom stereocenters. The van der Waals surface area contributed by atoms with Gasteiger partial charge < -0.3 is 10.0 Å². The number of aliphatic hydroxyl groups excluding tert-OH is 1. The Morgan fingerprint density at radius 3 is 2.00 bits per heavy atom. The fourth-order valence-corrected chi connectivity index (χ4v) is 3.81. The van der Waals surface area contributed by atoms with Crippen molar-refractivity contribution in [2.75, 3.05) is 13.6 Å². The van der Waals surface area contributed by atoms with Gasteiger partial charge >= 0.3 is 0 Å². The fourth-order valence-electron chi connectivity index (χ4n) is 3.81. The van der Waals surface area contributed by atoms with Gasteiger partial charge in [0.2, 0.25) is 0 Å². The molecule has 0 aliphatic heterocycles. The van der Waals surface area contributed by atoms with Crippen molar-refractivity contribution in [3.63, 3.8) is 0 Å². The van der Waals surface area contributed by atoms with E-state index >= 15 is 0 Å². The average Bonchev–Trinajstić information content (AvgIpc) is 2.68. The lowest BCUT2D eigenvalue weighted by Crippen LogP contribution is -2.40. The zero-order chi connectivity index (χ0) is 12.8. The highest BCUT2D eigenvalue weighted by Crippen LogP contribution is 2.28. The van der Waals surface area contributed by atoms with Gasteiger partial charge in [-0.05, 0) is 38.6 Å². The van der Waals surface area contributed by atoms with E-state index in [1.165, 1.54) is 70.6 Å². The minimum absolute atomic E-state index is 0.0847. The lowest BCUT2D eigenvalue weighted by molar-refractivity contribution is 0.0407. The highest BCUT2D eigenvalue weighted by molar-refractivity contribution is 4.79. The molecule has 0 bridgehead atoms. The van der Waals surface area contributed by atoms with Crippen LogP contribution in [-0.2, 0) is 0 Å². The molecule has 106 valence electrons. The molecule has 0 radical (unpaired) electrons. The fraction of sp³-hybridized carbons (Fsp3) is 1.00. The van der Waals surface area contributed by atoms with Gasteiger partial charge in [0.25, 0.3) is 0 Å². The van der Waals surface area contributed by atoms with Crippen LogP contribution in [0.5, 0.6) is 0 Å². The number of nitrogens with zero attached hydrogens (tertiary/aromatic N) is 1. The van der Waals surface area contributed by atoms with Crippen LogP contribution in [0.2, 0.25) is 0 Å². The molecular formula is C16H31NO. The van der Waals surface area contributed by atoms with Gasteiger partial charge in [-0.2, -0.15) is 0 Å². The van der Waals surface area contributed by atoms with Crippen LogP contribution in [0.15, 0.2) is 0 Å². The second-order valence-corrected chi connectivity index (χ2v) is 6.55. The van der Waals surface area contributed by atoms with Crippen molar-refractivity contribution in [3.8, 4) is 0 Å². The van der Waals surface area contributed by atoms with Gasteiger partial charge in [0.05, 0.1) is 6.10 Å². The average molecular weight is 253 g/mol. The normalized spacial score (nSPS) is 26.2. The Hall–Kier alpha value is -0.0800. The summed E-state index contributed by atoms with van der Waals surface area (Å²) < 4.78 is 0. The van der Waals surface area contributed by atoms with Crippen molar-refractivity contribution in [2.24, 2.45) is 5.92 Å². The van der Waals surface area contributed by atoms with Crippen LogP contribution in [-0.4, -0.2) is 35.7 Å². The van der Waals surface area contributed by atoms with Crippen molar-refractivity contribution in [3.05, 3.63) is 0 Å². The molecule has 2 fully saturated rings. The first-order valence-electron chi connectivity index (χ1n) is 8.15. The Morgan fingerprint density at radius 2 is 1.39 bits per heavy atom. The standard InChI is InChI=1S/C16H31NO/c1-17(15-11-7-2-3-8-12-15)13-16(18)14-9-5-4-6-10-14/h14-16,18H,2-13H2,1H3. The smallest absolute Gasteiger partial charge is 0.0695 e. The molecule has 0 spiro atoms. The van der Waals surface area contributed by atoms with Crippen LogP contribution in [0.1, 0.15) is 70.6 Å². The summed E-state index contributed by atoms with van der Waals surface area (Å²) in [4.78, 5) is 2.45. The Labute approximate surface area is 113 Å². The maximum atomic E-state index is 10.4. The van der Waals surface area contributed by atoms with Crippen molar-refractivity contribution >= 4 is 0 Å². The first-order valence-corrected chi connectivity index (χ1v) is 8.15. The zero-order valence-corrected chi connectivity index (χ0v) is 12.1. The van der Waals surface area contributed by atoms with Crippen LogP contribution in [0, 0.1) is 5.92 Å². The predicted molar refractivity (Wildman–Crippen MR) is 76.7 cm³/mol. The SMILES string of the molecule is CN(CC(O)C1CCCCC1)C1CCCCCC1. The molecule has 2 aliphatic rings. The Morgan fingerprint density at radius 1 is 0.889 bits per heavy atom. The monoisotopic (exact) mass is 253 g/mol. The second-order valence-electron chi connectivity index (χ2n) is 6.55.